The monoisotopic (exact) mass is 462 g/mol. The van der Waals surface area contributed by atoms with Crippen molar-refractivity contribution in [1.82, 2.24) is 14.9 Å². The summed E-state index contributed by atoms with van der Waals surface area (Å²) in [6.45, 7) is 0.546. The van der Waals surface area contributed by atoms with E-state index in [1.54, 1.807) is 18.2 Å². The minimum absolute atomic E-state index is 0.114. The van der Waals surface area contributed by atoms with E-state index in [2.05, 4.69) is 15.3 Å². The number of carboxylic acid groups (broad SMARTS) is 1. The third-order valence-corrected chi connectivity index (χ3v) is 4.82. The summed E-state index contributed by atoms with van der Waals surface area (Å²) in [6, 6.07) is 10.7. The lowest BCUT2D eigenvalue weighted by Gasteiger charge is -2.14. The summed E-state index contributed by atoms with van der Waals surface area (Å²) in [4.78, 5) is 32.5. The van der Waals surface area contributed by atoms with Crippen molar-refractivity contribution in [2.75, 3.05) is 18.4 Å². The number of likely N-dealkylation sites (tertiary alicyclic amines) is 1. The Morgan fingerprint density at radius 2 is 1.94 bits per heavy atom. The molecule has 12 heteroatoms. The first-order chi connectivity index (χ1) is 15.7. The number of anilines is 1. The molecule has 1 aliphatic rings. The second-order valence-corrected chi connectivity index (χ2v) is 7.16. The molecule has 0 unspecified atom stereocenters. The Kier molecular flexibility index (Phi) is 5.90. The van der Waals surface area contributed by atoms with E-state index in [4.69, 9.17) is 14.3 Å². The van der Waals surface area contributed by atoms with Gasteiger partial charge in [-0.05, 0) is 18.2 Å². The second kappa shape index (κ2) is 8.81. The first-order valence-electron chi connectivity index (χ1n) is 9.76. The molecule has 0 radical (unpaired) electrons. The van der Waals surface area contributed by atoms with Gasteiger partial charge in [0.1, 0.15) is 6.10 Å². The average molecular weight is 462 g/mol. The SMILES string of the molecule is O=C(Nc1ccc(O[C@H]2CCN(C(=O)O)C2)nc1)c1nc(-c2ccccc2)oc1C(F)(F)F. The van der Waals surface area contributed by atoms with Crippen LogP contribution in [0, 0.1) is 0 Å². The first kappa shape index (κ1) is 22.1. The van der Waals surface area contributed by atoms with E-state index in [1.807, 2.05) is 0 Å². The third kappa shape index (κ3) is 5.05. The van der Waals surface area contributed by atoms with E-state index >= 15 is 0 Å². The molecule has 1 saturated heterocycles. The Labute approximate surface area is 184 Å². The predicted molar refractivity (Wildman–Crippen MR) is 108 cm³/mol. The number of amides is 2. The summed E-state index contributed by atoms with van der Waals surface area (Å²) in [6.07, 6.45) is -4.61. The second-order valence-electron chi connectivity index (χ2n) is 7.16. The number of carbonyl (C=O) groups excluding carboxylic acids is 1. The molecule has 2 N–H and O–H groups in total. The van der Waals surface area contributed by atoms with Gasteiger partial charge in [0.2, 0.25) is 17.5 Å². The fraction of sp³-hybridized carbons (Fsp3) is 0.238. The van der Waals surface area contributed by atoms with Crippen molar-refractivity contribution < 1.29 is 37.0 Å². The normalized spacial score (nSPS) is 16.0. The minimum atomic E-state index is -4.92. The highest BCUT2D eigenvalue weighted by atomic mass is 19.4. The predicted octanol–water partition coefficient (Wildman–Crippen LogP) is 4.14. The molecule has 0 aliphatic carbocycles. The van der Waals surface area contributed by atoms with Crippen molar-refractivity contribution in [3.8, 4) is 17.3 Å². The summed E-state index contributed by atoms with van der Waals surface area (Å²) in [7, 11) is 0. The van der Waals surface area contributed by atoms with E-state index < -0.39 is 29.6 Å². The van der Waals surface area contributed by atoms with Crippen LogP contribution in [0.1, 0.15) is 22.7 Å². The maximum absolute atomic E-state index is 13.4. The zero-order chi connectivity index (χ0) is 23.6. The van der Waals surface area contributed by atoms with Crippen molar-refractivity contribution in [2.24, 2.45) is 0 Å². The van der Waals surface area contributed by atoms with Crippen molar-refractivity contribution in [2.45, 2.75) is 18.7 Å². The van der Waals surface area contributed by atoms with Crippen LogP contribution in [-0.4, -0.2) is 51.2 Å². The van der Waals surface area contributed by atoms with Crippen molar-refractivity contribution in [1.29, 1.82) is 0 Å². The highest BCUT2D eigenvalue weighted by molar-refractivity contribution is 6.03. The molecule has 0 saturated carbocycles. The number of benzene rings is 1. The number of aromatic nitrogens is 2. The lowest BCUT2D eigenvalue weighted by molar-refractivity contribution is -0.153. The number of carbonyl (C=O) groups is 2. The standard InChI is InChI=1S/C21H17F3N4O5/c22-21(23,24)17-16(27-19(33-17)12-4-2-1-3-5-12)18(29)26-13-6-7-15(25-10-13)32-14-8-9-28(11-14)20(30)31/h1-7,10,14H,8-9,11H2,(H,26,29)(H,30,31)/t14-/m0/s1. The molecule has 2 aromatic heterocycles. The van der Waals surface area contributed by atoms with Gasteiger partial charge >= 0.3 is 12.3 Å². The van der Waals surface area contributed by atoms with Gasteiger partial charge in [0.05, 0.1) is 18.4 Å². The average Bonchev–Trinajstić information content (AvgIpc) is 3.43. The van der Waals surface area contributed by atoms with E-state index in [0.717, 1.165) is 0 Å². The first-order valence-corrected chi connectivity index (χ1v) is 9.76. The van der Waals surface area contributed by atoms with Gasteiger partial charge in [-0.3, -0.25) is 4.79 Å². The molecule has 172 valence electrons. The number of hydrogen-bond donors (Lipinski definition) is 2. The Bertz CT molecular complexity index is 1150. The molecule has 0 bridgehead atoms. The number of pyridine rings is 1. The molecule has 1 fully saturated rings. The van der Waals surface area contributed by atoms with Crippen molar-refractivity contribution in [3.63, 3.8) is 0 Å². The quantitative estimate of drug-likeness (QED) is 0.585. The van der Waals surface area contributed by atoms with Crippen LogP contribution < -0.4 is 10.1 Å². The van der Waals surface area contributed by atoms with Crippen LogP contribution in [0.5, 0.6) is 5.88 Å². The molecule has 1 aliphatic heterocycles. The molecule has 33 heavy (non-hydrogen) atoms. The summed E-state index contributed by atoms with van der Waals surface area (Å²) in [5.41, 5.74) is -0.497. The van der Waals surface area contributed by atoms with Crippen LogP contribution >= 0.6 is 0 Å². The number of nitrogens with one attached hydrogen (secondary N) is 1. The van der Waals surface area contributed by atoms with Crippen LogP contribution in [0.4, 0.5) is 23.7 Å². The summed E-state index contributed by atoms with van der Waals surface area (Å²) in [5.74, 6) is -2.76. The molecule has 1 aromatic carbocycles. The molecule has 2 amide bonds. The molecule has 3 heterocycles. The van der Waals surface area contributed by atoms with Crippen LogP contribution in [0.2, 0.25) is 0 Å². The van der Waals surface area contributed by atoms with Crippen molar-refractivity contribution in [3.05, 3.63) is 60.1 Å². The summed E-state index contributed by atoms with van der Waals surface area (Å²) < 4.78 is 50.7. The van der Waals surface area contributed by atoms with Gasteiger partial charge in [-0.1, -0.05) is 18.2 Å². The van der Waals surface area contributed by atoms with E-state index in [-0.39, 0.29) is 30.1 Å². The molecule has 4 rings (SSSR count). The highest BCUT2D eigenvalue weighted by Gasteiger charge is 2.42. The number of rotatable bonds is 5. The lowest BCUT2D eigenvalue weighted by atomic mass is 10.2. The fourth-order valence-corrected chi connectivity index (χ4v) is 3.25. The van der Waals surface area contributed by atoms with Crippen LogP contribution in [0.25, 0.3) is 11.5 Å². The van der Waals surface area contributed by atoms with Crippen LogP contribution in [0.3, 0.4) is 0 Å². The number of nitrogens with zero attached hydrogens (tertiary/aromatic N) is 3. The Morgan fingerprint density at radius 1 is 1.18 bits per heavy atom. The van der Waals surface area contributed by atoms with Crippen LogP contribution in [0.15, 0.2) is 53.1 Å². The van der Waals surface area contributed by atoms with Gasteiger partial charge in [-0.15, -0.1) is 0 Å². The van der Waals surface area contributed by atoms with E-state index in [9.17, 15) is 22.8 Å². The summed E-state index contributed by atoms with van der Waals surface area (Å²) >= 11 is 0. The summed E-state index contributed by atoms with van der Waals surface area (Å²) in [5, 5.41) is 11.3. The molecule has 3 aromatic rings. The smallest absolute Gasteiger partial charge is 0.452 e. The van der Waals surface area contributed by atoms with E-state index in [0.29, 0.717) is 18.5 Å². The number of ether oxygens (including phenoxy) is 1. The van der Waals surface area contributed by atoms with Gasteiger partial charge in [0, 0.05) is 24.6 Å². The topological polar surface area (TPSA) is 118 Å². The molecular weight excluding hydrogens is 445 g/mol. The molecule has 0 spiro atoms. The molecule has 1 atom stereocenters. The van der Waals surface area contributed by atoms with Gasteiger partial charge in [0.15, 0.2) is 5.69 Å². The van der Waals surface area contributed by atoms with Gasteiger partial charge in [-0.25, -0.2) is 14.8 Å². The largest absolute Gasteiger partial charge is 0.472 e. The highest BCUT2D eigenvalue weighted by Crippen LogP contribution is 2.35. The number of halogens is 3. The maximum Gasteiger partial charge on any atom is 0.452 e. The van der Waals surface area contributed by atoms with Crippen LogP contribution in [-0.2, 0) is 6.18 Å². The minimum Gasteiger partial charge on any atom is -0.472 e. The fourth-order valence-electron chi connectivity index (χ4n) is 3.25. The lowest BCUT2D eigenvalue weighted by Crippen LogP contribution is -2.29. The maximum atomic E-state index is 13.4. The number of oxazole rings is 1. The van der Waals surface area contributed by atoms with Gasteiger partial charge in [0.25, 0.3) is 5.91 Å². The third-order valence-electron chi connectivity index (χ3n) is 4.82. The zero-order valence-corrected chi connectivity index (χ0v) is 16.9. The van der Waals surface area contributed by atoms with Crippen molar-refractivity contribution >= 4 is 17.7 Å². The Balaban J connectivity index is 1.47. The Hall–Kier alpha value is -4.09. The zero-order valence-electron chi connectivity index (χ0n) is 16.9. The van der Waals surface area contributed by atoms with E-state index in [1.165, 1.54) is 35.4 Å². The van der Waals surface area contributed by atoms with Gasteiger partial charge in [-0.2, -0.15) is 13.2 Å². The number of alkyl halides is 3. The Morgan fingerprint density at radius 3 is 2.55 bits per heavy atom. The molecule has 9 nitrogen and oxygen atoms in total. The van der Waals surface area contributed by atoms with Gasteiger partial charge < -0.3 is 24.5 Å². The molecular formula is C21H17F3N4O5. The number of hydrogen-bond acceptors (Lipinski definition) is 6.